The summed E-state index contributed by atoms with van der Waals surface area (Å²) in [6.45, 7) is 6.87. The van der Waals surface area contributed by atoms with Gasteiger partial charge < -0.3 is 24.0 Å². The molecule has 1 heterocycles. The SMILES string of the molecule is COC1CC(N(C(=O)OC(C)(C)C)[C@H]2CCN(C(=O)OCc3ccccc3)C2)C1. The fourth-order valence-corrected chi connectivity index (χ4v) is 3.81. The predicted molar refractivity (Wildman–Crippen MR) is 108 cm³/mol. The van der Waals surface area contributed by atoms with Gasteiger partial charge in [0.25, 0.3) is 0 Å². The second-order valence-electron chi connectivity index (χ2n) is 8.80. The summed E-state index contributed by atoms with van der Waals surface area (Å²) in [6, 6.07) is 9.62. The Labute approximate surface area is 172 Å². The molecule has 0 aromatic heterocycles. The first-order valence-electron chi connectivity index (χ1n) is 10.3. The normalized spacial score (nSPS) is 24.0. The Morgan fingerprint density at radius 2 is 1.83 bits per heavy atom. The summed E-state index contributed by atoms with van der Waals surface area (Å²) in [4.78, 5) is 28.9. The second-order valence-corrected chi connectivity index (χ2v) is 8.80. The average molecular weight is 405 g/mol. The predicted octanol–water partition coefficient (Wildman–Crippen LogP) is 3.81. The summed E-state index contributed by atoms with van der Waals surface area (Å²) >= 11 is 0. The number of hydrogen-bond donors (Lipinski definition) is 0. The lowest BCUT2D eigenvalue weighted by Crippen LogP contribution is -2.56. The first-order chi connectivity index (χ1) is 13.8. The number of amides is 2. The molecule has 1 atom stereocenters. The van der Waals surface area contributed by atoms with E-state index < -0.39 is 5.60 Å². The van der Waals surface area contributed by atoms with Crippen LogP contribution in [0.3, 0.4) is 0 Å². The summed E-state index contributed by atoms with van der Waals surface area (Å²) in [5.41, 5.74) is 0.388. The van der Waals surface area contributed by atoms with Gasteiger partial charge in [-0.15, -0.1) is 0 Å². The first kappa shape index (κ1) is 21.4. The van der Waals surface area contributed by atoms with Gasteiger partial charge in [-0.1, -0.05) is 30.3 Å². The number of carbonyl (C=O) groups excluding carboxylic acids is 2. The molecule has 1 aliphatic heterocycles. The number of nitrogens with zero attached hydrogens (tertiary/aromatic N) is 2. The minimum atomic E-state index is -0.563. The van der Waals surface area contributed by atoms with Gasteiger partial charge in [0, 0.05) is 26.2 Å². The van der Waals surface area contributed by atoms with Gasteiger partial charge >= 0.3 is 12.2 Å². The third-order valence-electron chi connectivity index (χ3n) is 5.42. The molecular weight excluding hydrogens is 372 g/mol. The van der Waals surface area contributed by atoms with E-state index in [9.17, 15) is 9.59 Å². The largest absolute Gasteiger partial charge is 0.445 e. The molecule has 0 N–H and O–H groups in total. The van der Waals surface area contributed by atoms with E-state index in [0.29, 0.717) is 19.5 Å². The molecule has 1 aromatic rings. The van der Waals surface area contributed by atoms with Crippen LogP contribution in [-0.2, 0) is 20.8 Å². The van der Waals surface area contributed by atoms with Gasteiger partial charge in [-0.25, -0.2) is 9.59 Å². The van der Waals surface area contributed by atoms with Gasteiger partial charge in [-0.2, -0.15) is 0 Å². The van der Waals surface area contributed by atoms with Crippen LogP contribution in [0.15, 0.2) is 30.3 Å². The molecule has 1 saturated heterocycles. The Bertz CT molecular complexity index is 697. The van der Waals surface area contributed by atoms with Gasteiger partial charge in [0.05, 0.1) is 12.1 Å². The smallest absolute Gasteiger partial charge is 0.410 e. The molecule has 0 spiro atoms. The Morgan fingerprint density at radius 3 is 2.45 bits per heavy atom. The Balaban J connectivity index is 1.59. The van der Waals surface area contributed by atoms with E-state index in [1.807, 2.05) is 56.0 Å². The van der Waals surface area contributed by atoms with Gasteiger partial charge in [-0.05, 0) is 45.6 Å². The van der Waals surface area contributed by atoms with E-state index in [-0.39, 0.29) is 37.0 Å². The van der Waals surface area contributed by atoms with Crippen molar-refractivity contribution >= 4 is 12.2 Å². The highest BCUT2D eigenvalue weighted by molar-refractivity contribution is 5.71. The van der Waals surface area contributed by atoms with E-state index in [1.54, 1.807) is 12.0 Å². The van der Waals surface area contributed by atoms with Crippen LogP contribution in [0.25, 0.3) is 0 Å². The third-order valence-corrected chi connectivity index (χ3v) is 5.42. The molecule has 2 amide bonds. The highest BCUT2D eigenvalue weighted by atomic mass is 16.6. The summed E-state index contributed by atoms with van der Waals surface area (Å²) in [5.74, 6) is 0. The molecule has 0 unspecified atom stereocenters. The van der Waals surface area contributed by atoms with Crippen LogP contribution in [0.2, 0.25) is 0 Å². The number of methoxy groups -OCH3 is 1. The fourth-order valence-electron chi connectivity index (χ4n) is 3.81. The Kier molecular flexibility index (Phi) is 6.67. The number of carbonyl (C=O) groups is 2. The molecule has 3 rings (SSSR count). The van der Waals surface area contributed by atoms with Crippen LogP contribution in [0.5, 0.6) is 0 Å². The zero-order chi connectivity index (χ0) is 21.0. The molecular formula is C22H32N2O5. The second kappa shape index (κ2) is 9.03. The summed E-state index contributed by atoms with van der Waals surface area (Å²) in [6.07, 6.45) is 1.83. The van der Waals surface area contributed by atoms with Crippen molar-refractivity contribution in [2.24, 2.45) is 0 Å². The maximum atomic E-state index is 12.9. The summed E-state index contributed by atoms with van der Waals surface area (Å²) < 4.78 is 16.5. The van der Waals surface area contributed by atoms with Gasteiger partial charge in [0.15, 0.2) is 0 Å². The van der Waals surface area contributed by atoms with Crippen molar-refractivity contribution in [2.45, 2.75) is 70.4 Å². The molecule has 29 heavy (non-hydrogen) atoms. The number of ether oxygens (including phenoxy) is 3. The van der Waals surface area contributed by atoms with E-state index in [2.05, 4.69) is 0 Å². The van der Waals surface area contributed by atoms with Crippen LogP contribution in [-0.4, -0.2) is 66.0 Å². The molecule has 2 fully saturated rings. The number of likely N-dealkylation sites (tertiary alicyclic amines) is 1. The van der Waals surface area contributed by atoms with E-state index in [1.165, 1.54) is 0 Å². The van der Waals surface area contributed by atoms with Crippen molar-refractivity contribution in [1.29, 1.82) is 0 Å². The first-order valence-corrected chi connectivity index (χ1v) is 10.3. The number of rotatable bonds is 5. The minimum absolute atomic E-state index is 0.0723. The molecule has 0 radical (unpaired) electrons. The lowest BCUT2D eigenvalue weighted by atomic mass is 9.87. The van der Waals surface area contributed by atoms with Crippen molar-refractivity contribution in [3.8, 4) is 0 Å². The third kappa shape index (κ3) is 5.63. The zero-order valence-corrected chi connectivity index (χ0v) is 17.8. The topological polar surface area (TPSA) is 68.3 Å². The van der Waals surface area contributed by atoms with Crippen LogP contribution in [0.1, 0.15) is 45.6 Å². The van der Waals surface area contributed by atoms with E-state index >= 15 is 0 Å². The number of hydrogen-bond acceptors (Lipinski definition) is 5. The van der Waals surface area contributed by atoms with Crippen molar-refractivity contribution < 1.29 is 23.8 Å². The molecule has 1 aromatic carbocycles. The monoisotopic (exact) mass is 404 g/mol. The Hall–Kier alpha value is -2.28. The van der Waals surface area contributed by atoms with Crippen molar-refractivity contribution in [1.82, 2.24) is 9.80 Å². The maximum Gasteiger partial charge on any atom is 0.410 e. The van der Waals surface area contributed by atoms with Crippen molar-refractivity contribution in [3.05, 3.63) is 35.9 Å². The molecule has 7 heteroatoms. The molecule has 1 aliphatic carbocycles. The lowest BCUT2D eigenvalue weighted by Gasteiger charge is -2.44. The van der Waals surface area contributed by atoms with Gasteiger partial charge in [0.1, 0.15) is 12.2 Å². The van der Waals surface area contributed by atoms with Crippen LogP contribution >= 0.6 is 0 Å². The van der Waals surface area contributed by atoms with E-state index in [0.717, 1.165) is 18.4 Å². The summed E-state index contributed by atoms with van der Waals surface area (Å²) in [7, 11) is 1.69. The minimum Gasteiger partial charge on any atom is -0.445 e. The van der Waals surface area contributed by atoms with Crippen molar-refractivity contribution in [2.75, 3.05) is 20.2 Å². The van der Waals surface area contributed by atoms with Crippen LogP contribution < -0.4 is 0 Å². The molecule has 7 nitrogen and oxygen atoms in total. The molecule has 160 valence electrons. The van der Waals surface area contributed by atoms with Crippen molar-refractivity contribution in [3.63, 3.8) is 0 Å². The quantitative estimate of drug-likeness (QED) is 0.746. The standard InChI is InChI=1S/C22H32N2O5/c1-22(2,3)29-21(26)24(18-12-19(13-18)27-4)17-10-11-23(14-17)20(25)28-15-16-8-6-5-7-9-16/h5-9,17-19H,10-15H2,1-4H3/t17-,18?,19?/m0/s1. The summed E-state index contributed by atoms with van der Waals surface area (Å²) in [5, 5.41) is 0. The van der Waals surface area contributed by atoms with Crippen LogP contribution in [0, 0.1) is 0 Å². The maximum absolute atomic E-state index is 12.9. The van der Waals surface area contributed by atoms with Gasteiger partial charge in [0.2, 0.25) is 0 Å². The highest BCUT2D eigenvalue weighted by Crippen LogP contribution is 2.33. The lowest BCUT2D eigenvalue weighted by molar-refractivity contribution is -0.0508. The molecule has 0 bridgehead atoms. The van der Waals surface area contributed by atoms with Gasteiger partial charge in [-0.3, -0.25) is 0 Å². The fraction of sp³-hybridized carbons (Fsp3) is 0.636. The molecule has 1 saturated carbocycles. The average Bonchev–Trinajstić information content (AvgIpc) is 3.11. The zero-order valence-electron chi connectivity index (χ0n) is 17.8. The van der Waals surface area contributed by atoms with E-state index in [4.69, 9.17) is 14.2 Å². The number of benzene rings is 1. The highest BCUT2D eigenvalue weighted by Gasteiger charge is 2.44. The van der Waals surface area contributed by atoms with Crippen LogP contribution in [0.4, 0.5) is 9.59 Å². The molecule has 2 aliphatic rings. The Morgan fingerprint density at radius 1 is 1.14 bits per heavy atom.